The summed E-state index contributed by atoms with van der Waals surface area (Å²) in [5, 5.41) is 23.2. The van der Waals surface area contributed by atoms with Crippen molar-refractivity contribution >= 4 is 47.4 Å². The Morgan fingerprint density at radius 1 is 0.860 bits per heavy atom. The van der Waals surface area contributed by atoms with Gasteiger partial charge in [-0.15, -0.1) is 22.6 Å². The Bertz CT molecular complexity index is 1810. The zero-order valence-corrected chi connectivity index (χ0v) is 33.6. The van der Waals surface area contributed by atoms with Gasteiger partial charge in [0.2, 0.25) is 17.6 Å². The van der Waals surface area contributed by atoms with Gasteiger partial charge in [-0.25, -0.2) is 0 Å². The summed E-state index contributed by atoms with van der Waals surface area (Å²) in [4.78, 5) is 39.9. The lowest BCUT2D eigenvalue weighted by molar-refractivity contribution is -0.130. The number of carbonyl (C=O) groups is 3. The van der Waals surface area contributed by atoms with Crippen molar-refractivity contribution in [3.8, 4) is 22.5 Å². The van der Waals surface area contributed by atoms with Gasteiger partial charge in [-0.2, -0.15) is 5.21 Å². The van der Waals surface area contributed by atoms with Gasteiger partial charge in [0.05, 0.1) is 46.2 Å². The Morgan fingerprint density at radius 3 is 2.12 bits per heavy atom. The maximum atomic E-state index is 13.7. The lowest BCUT2D eigenvalue weighted by atomic mass is 9.81. The molecule has 1 saturated carbocycles. The first-order valence-electron chi connectivity index (χ1n) is 18.9. The van der Waals surface area contributed by atoms with Crippen molar-refractivity contribution in [1.29, 1.82) is 0 Å². The second-order valence-electron chi connectivity index (χ2n) is 13.5. The Labute approximate surface area is 343 Å². The number of ether oxygens (including phenoxy) is 4. The summed E-state index contributed by atoms with van der Waals surface area (Å²) in [6.07, 6.45) is 3.55. The smallest absolute Gasteiger partial charge is 0.251 e. The molecule has 1 atom stereocenters. The molecule has 6 N–H and O–H groups in total. The van der Waals surface area contributed by atoms with Crippen LogP contribution in [0.15, 0.2) is 66.7 Å². The van der Waals surface area contributed by atoms with E-state index < -0.39 is 6.04 Å². The average Bonchev–Trinajstić information content (AvgIpc) is 3.77. The van der Waals surface area contributed by atoms with E-state index in [1.54, 1.807) is 49.6 Å². The van der Waals surface area contributed by atoms with Gasteiger partial charge in [0.1, 0.15) is 6.04 Å². The van der Waals surface area contributed by atoms with Crippen LogP contribution in [-0.4, -0.2) is 111 Å². The van der Waals surface area contributed by atoms with Crippen LogP contribution < -0.4 is 21.7 Å². The van der Waals surface area contributed by atoms with E-state index in [9.17, 15) is 14.4 Å². The number of hydrogen-bond donors (Lipinski definition) is 5. The number of hydrogen-bond acceptors (Lipinski definition) is 11. The number of methoxy groups -OCH3 is 1. The summed E-state index contributed by atoms with van der Waals surface area (Å²) in [6, 6.07) is 19.0. The maximum Gasteiger partial charge on any atom is 0.251 e. The van der Waals surface area contributed by atoms with E-state index >= 15 is 0 Å². The van der Waals surface area contributed by atoms with E-state index in [1.165, 1.54) is 0 Å². The van der Waals surface area contributed by atoms with Gasteiger partial charge in [0.15, 0.2) is 0 Å². The number of tetrazole rings is 1. The highest BCUT2D eigenvalue weighted by molar-refractivity contribution is 6.33. The molecule has 0 saturated heterocycles. The SMILES string of the molecule is COCCOCCOCCOCCNC(=O)c1ccc(-c2ccc(C[C@H](NC(=O)[C@H]3CC[C@H](CN)CC3)C(=O)Nc3ccc(-c4nn[nH]n4)cc3)cc2)c(Cl)c1.Cl. The van der Waals surface area contributed by atoms with Crippen LogP contribution >= 0.6 is 24.0 Å². The summed E-state index contributed by atoms with van der Waals surface area (Å²) in [6.45, 7) is 4.19. The molecule has 4 aromatic rings. The van der Waals surface area contributed by atoms with Crippen molar-refractivity contribution in [2.24, 2.45) is 17.6 Å². The lowest BCUT2D eigenvalue weighted by Crippen LogP contribution is -2.48. The molecule has 15 nitrogen and oxygen atoms in total. The molecule has 3 amide bonds. The molecule has 0 unspecified atom stereocenters. The van der Waals surface area contributed by atoms with Crippen LogP contribution in [0.25, 0.3) is 22.5 Å². The van der Waals surface area contributed by atoms with Gasteiger partial charge in [-0.3, -0.25) is 14.4 Å². The van der Waals surface area contributed by atoms with Gasteiger partial charge in [0, 0.05) is 53.4 Å². The molecule has 0 radical (unpaired) electrons. The highest BCUT2D eigenvalue weighted by Crippen LogP contribution is 2.30. The van der Waals surface area contributed by atoms with Crippen molar-refractivity contribution in [3.05, 3.63) is 82.9 Å². The number of anilines is 1. The van der Waals surface area contributed by atoms with Gasteiger partial charge in [-0.1, -0.05) is 41.9 Å². The predicted molar refractivity (Wildman–Crippen MR) is 219 cm³/mol. The van der Waals surface area contributed by atoms with Crippen molar-refractivity contribution in [2.75, 3.05) is 71.8 Å². The number of nitrogens with zero attached hydrogens (tertiary/aromatic N) is 3. The van der Waals surface area contributed by atoms with Crippen LogP contribution in [-0.2, 0) is 35.0 Å². The summed E-state index contributed by atoms with van der Waals surface area (Å²) < 4.78 is 21.2. The fraction of sp³-hybridized carbons (Fsp3) is 0.450. The second kappa shape index (κ2) is 24.3. The van der Waals surface area contributed by atoms with Crippen LogP contribution in [0.1, 0.15) is 41.6 Å². The van der Waals surface area contributed by atoms with Gasteiger partial charge in [0.25, 0.3) is 5.91 Å². The average molecular weight is 828 g/mol. The number of aromatic amines is 1. The standard InChI is InChI=1S/C40H51ClN8O7.ClH/c1-53-18-19-55-22-23-56-21-20-54-17-16-43-38(50)32-12-15-34(35(41)25-32)29-6-2-27(3-7-29)24-36(45-39(51)31-8-4-28(26-42)5-9-31)40(52)44-33-13-10-30(11-14-33)37-46-48-49-47-37;/h2-3,6-7,10-15,25,28,31,36H,4-5,8-9,16-24,26,42H2,1H3,(H,43,50)(H,44,52)(H,45,51)(H,46,47,48,49);1H/t28-,31-,36-;/m0./s1. The van der Waals surface area contributed by atoms with E-state index in [0.29, 0.717) is 87.4 Å². The molecule has 1 aromatic heterocycles. The third-order valence-corrected chi connectivity index (χ3v) is 9.90. The van der Waals surface area contributed by atoms with Crippen LogP contribution in [0.5, 0.6) is 0 Å². The number of aromatic nitrogens is 4. The van der Waals surface area contributed by atoms with E-state index in [2.05, 4.69) is 36.6 Å². The van der Waals surface area contributed by atoms with Crippen LogP contribution in [0.3, 0.4) is 0 Å². The first-order chi connectivity index (χ1) is 27.3. The van der Waals surface area contributed by atoms with Crippen molar-refractivity contribution < 1.29 is 33.3 Å². The molecule has 5 rings (SSSR count). The fourth-order valence-electron chi connectivity index (χ4n) is 6.34. The minimum Gasteiger partial charge on any atom is -0.382 e. The number of nitrogens with one attached hydrogen (secondary N) is 4. The molecule has 3 aromatic carbocycles. The molecular weight excluding hydrogens is 775 g/mol. The summed E-state index contributed by atoms with van der Waals surface area (Å²) in [7, 11) is 1.62. The number of H-pyrrole nitrogens is 1. The van der Waals surface area contributed by atoms with Crippen LogP contribution in [0.2, 0.25) is 5.02 Å². The monoisotopic (exact) mass is 826 g/mol. The third-order valence-electron chi connectivity index (χ3n) is 9.58. The highest BCUT2D eigenvalue weighted by atomic mass is 35.5. The summed E-state index contributed by atoms with van der Waals surface area (Å²) in [5.74, 6) is -0.0240. The molecule has 57 heavy (non-hydrogen) atoms. The van der Waals surface area contributed by atoms with E-state index in [4.69, 9.17) is 36.3 Å². The van der Waals surface area contributed by atoms with Crippen LogP contribution in [0.4, 0.5) is 5.69 Å². The van der Waals surface area contributed by atoms with Crippen LogP contribution in [0, 0.1) is 11.8 Å². The summed E-state index contributed by atoms with van der Waals surface area (Å²) >= 11 is 6.67. The number of benzene rings is 3. The number of amides is 3. The first-order valence-corrected chi connectivity index (χ1v) is 19.3. The van der Waals surface area contributed by atoms with Gasteiger partial charge >= 0.3 is 0 Å². The summed E-state index contributed by atoms with van der Waals surface area (Å²) in [5.41, 5.74) is 10.0. The number of rotatable bonds is 22. The molecular formula is C40H52Cl2N8O7. The molecule has 1 fully saturated rings. The first kappa shape index (κ1) is 45.2. The molecule has 308 valence electrons. The Balaban J connectivity index is 0.00000720. The third kappa shape index (κ3) is 14.4. The molecule has 1 aliphatic rings. The normalized spacial score (nSPS) is 15.6. The molecule has 0 aliphatic heterocycles. The van der Waals surface area contributed by atoms with Crippen molar-refractivity contribution in [2.45, 2.75) is 38.1 Å². The van der Waals surface area contributed by atoms with E-state index in [-0.39, 0.29) is 42.5 Å². The minimum atomic E-state index is -0.825. The predicted octanol–water partition coefficient (Wildman–Crippen LogP) is 4.47. The molecule has 0 spiro atoms. The van der Waals surface area contributed by atoms with Crippen molar-refractivity contribution in [3.63, 3.8) is 0 Å². The van der Waals surface area contributed by atoms with Gasteiger partial charge in [-0.05, 0) is 90.9 Å². The number of halogens is 2. The minimum absolute atomic E-state index is 0. The maximum absolute atomic E-state index is 13.7. The quantitative estimate of drug-likeness (QED) is 0.0700. The van der Waals surface area contributed by atoms with E-state index in [0.717, 1.165) is 47.9 Å². The highest BCUT2D eigenvalue weighted by Gasteiger charge is 2.29. The largest absolute Gasteiger partial charge is 0.382 e. The zero-order chi connectivity index (χ0) is 39.5. The number of nitrogens with two attached hydrogens (primary N) is 1. The topological polar surface area (TPSA) is 205 Å². The molecule has 17 heteroatoms. The Kier molecular flexibility index (Phi) is 19.3. The fourth-order valence-corrected chi connectivity index (χ4v) is 6.63. The van der Waals surface area contributed by atoms with Crippen molar-refractivity contribution in [1.82, 2.24) is 31.3 Å². The Hall–Kier alpha value is -4.48. The Morgan fingerprint density at radius 2 is 1.51 bits per heavy atom. The molecule has 1 aliphatic carbocycles. The number of carbonyl (C=O) groups excluding carboxylic acids is 3. The lowest BCUT2D eigenvalue weighted by Gasteiger charge is -2.28. The zero-order valence-electron chi connectivity index (χ0n) is 32.0. The van der Waals surface area contributed by atoms with Gasteiger partial charge < -0.3 is 40.6 Å². The molecule has 1 heterocycles. The molecule has 0 bridgehead atoms. The second-order valence-corrected chi connectivity index (χ2v) is 13.9. The van der Waals surface area contributed by atoms with E-state index in [1.807, 2.05) is 24.3 Å².